The first-order valence-corrected chi connectivity index (χ1v) is 4.33. The van der Waals surface area contributed by atoms with Gasteiger partial charge in [-0.05, 0) is 25.0 Å². The topological polar surface area (TPSA) is 12.4 Å². The molecule has 1 heteroatoms. The van der Waals surface area contributed by atoms with Crippen LogP contribution in [0.3, 0.4) is 0 Å². The SMILES string of the molecule is C=CC(CN=CC)C(C)CC. The van der Waals surface area contributed by atoms with Gasteiger partial charge in [0.05, 0.1) is 0 Å². The smallest absolute Gasteiger partial charge is 0.0450 e. The summed E-state index contributed by atoms with van der Waals surface area (Å²) in [6.45, 7) is 11.1. The molecule has 0 radical (unpaired) electrons. The molecule has 0 fully saturated rings. The molecular formula is C10H19N. The van der Waals surface area contributed by atoms with Crippen molar-refractivity contribution in [2.75, 3.05) is 6.54 Å². The first kappa shape index (κ1) is 10.4. The fourth-order valence-electron chi connectivity index (χ4n) is 1.02. The summed E-state index contributed by atoms with van der Waals surface area (Å²) >= 11 is 0. The molecule has 0 heterocycles. The molecule has 0 amide bonds. The fourth-order valence-corrected chi connectivity index (χ4v) is 1.02. The first-order chi connectivity index (χ1) is 5.26. The molecule has 0 aromatic heterocycles. The van der Waals surface area contributed by atoms with Crippen LogP contribution in [0.15, 0.2) is 17.6 Å². The third-order valence-corrected chi connectivity index (χ3v) is 2.18. The summed E-state index contributed by atoms with van der Waals surface area (Å²) in [5.41, 5.74) is 0. The zero-order chi connectivity index (χ0) is 8.69. The van der Waals surface area contributed by atoms with Crippen molar-refractivity contribution < 1.29 is 0 Å². The molecule has 11 heavy (non-hydrogen) atoms. The van der Waals surface area contributed by atoms with Gasteiger partial charge in [-0.3, -0.25) is 4.99 Å². The van der Waals surface area contributed by atoms with Gasteiger partial charge >= 0.3 is 0 Å². The average molecular weight is 153 g/mol. The van der Waals surface area contributed by atoms with E-state index in [-0.39, 0.29) is 0 Å². The van der Waals surface area contributed by atoms with Crippen LogP contribution in [0.25, 0.3) is 0 Å². The second-order valence-electron chi connectivity index (χ2n) is 2.91. The van der Waals surface area contributed by atoms with Gasteiger partial charge in [-0.2, -0.15) is 0 Å². The molecule has 0 aromatic rings. The molecule has 2 atom stereocenters. The van der Waals surface area contributed by atoms with Crippen molar-refractivity contribution in [3.8, 4) is 0 Å². The molecule has 0 saturated carbocycles. The molecule has 0 aliphatic carbocycles. The molecule has 0 spiro atoms. The van der Waals surface area contributed by atoms with Gasteiger partial charge in [-0.25, -0.2) is 0 Å². The maximum absolute atomic E-state index is 4.22. The predicted octanol–water partition coefficient (Wildman–Crippen LogP) is 2.93. The zero-order valence-corrected chi connectivity index (χ0v) is 7.88. The summed E-state index contributed by atoms with van der Waals surface area (Å²) in [5.74, 6) is 1.26. The lowest BCUT2D eigenvalue weighted by molar-refractivity contribution is 0.426. The highest BCUT2D eigenvalue weighted by molar-refractivity contribution is 5.53. The maximum Gasteiger partial charge on any atom is 0.0450 e. The fraction of sp³-hybridized carbons (Fsp3) is 0.700. The summed E-state index contributed by atoms with van der Waals surface area (Å²) < 4.78 is 0. The van der Waals surface area contributed by atoms with Crippen LogP contribution in [0.1, 0.15) is 27.2 Å². The van der Waals surface area contributed by atoms with Gasteiger partial charge in [-0.1, -0.05) is 26.3 Å². The van der Waals surface area contributed by atoms with E-state index in [0.717, 1.165) is 6.54 Å². The highest BCUT2D eigenvalue weighted by Crippen LogP contribution is 2.16. The lowest BCUT2D eigenvalue weighted by atomic mass is 9.92. The normalized spacial score (nSPS) is 16.6. The molecule has 2 unspecified atom stereocenters. The number of hydrogen-bond donors (Lipinski definition) is 0. The molecule has 0 aliphatic heterocycles. The highest BCUT2D eigenvalue weighted by Gasteiger charge is 2.09. The van der Waals surface area contributed by atoms with E-state index in [1.54, 1.807) is 0 Å². The Morgan fingerprint density at radius 3 is 2.55 bits per heavy atom. The summed E-state index contributed by atoms with van der Waals surface area (Å²) in [5, 5.41) is 0. The van der Waals surface area contributed by atoms with Gasteiger partial charge in [0.1, 0.15) is 0 Å². The van der Waals surface area contributed by atoms with Crippen molar-refractivity contribution in [3.63, 3.8) is 0 Å². The van der Waals surface area contributed by atoms with E-state index in [2.05, 4.69) is 25.4 Å². The largest absolute Gasteiger partial charge is 0.297 e. The Morgan fingerprint density at radius 2 is 2.18 bits per heavy atom. The van der Waals surface area contributed by atoms with E-state index in [9.17, 15) is 0 Å². The second-order valence-corrected chi connectivity index (χ2v) is 2.91. The van der Waals surface area contributed by atoms with Crippen molar-refractivity contribution in [2.24, 2.45) is 16.8 Å². The minimum atomic E-state index is 0.552. The van der Waals surface area contributed by atoms with Crippen molar-refractivity contribution in [1.82, 2.24) is 0 Å². The second kappa shape index (κ2) is 6.14. The third-order valence-electron chi connectivity index (χ3n) is 2.18. The van der Waals surface area contributed by atoms with Crippen LogP contribution >= 0.6 is 0 Å². The summed E-state index contributed by atoms with van der Waals surface area (Å²) in [6, 6.07) is 0. The molecule has 1 nitrogen and oxygen atoms in total. The summed E-state index contributed by atoms with van der Waals surface area (Å²) in [4.78, 5) is 4.22. The van der Waals surface area contributed by atoms with Gasteiger partial charge in [0.25, 0.3) is 0 Å². The predicted molar refractivity (Wildman–Crippen MR) is 52.2 cm³/mol. The average Bonchev–Trinajstić information content (AvgIpc) is 2.05. The minimum absolute atomic E-state index is 0.552. The van der Waals surface area contributed by atoms with Gasteiger partial charge in [-0.15, -0.1) is 6.58 Å². The molecule has 0 saturated heterocycles. The highest BCUT2D eigenvalue weighted by atomic mass is 14.7. The standard InChI is InChI=1S/C10H19N/c1-5-9(4)10(6-2)8-11-7-3/h6-7,9-10H,2,5,8H2,1,3-4H3. The van der Waals surface area contributed by atoms with Gasteiger partial charge < -0.3 is 0 Å². The van der Waals surface area contributed by atoms with Gasteiger partial charge in [0.15, 0.2) is 0 Å². The van der Waals surface area contributed by atoms with E-state index < -0.39 is 0 Å². The van der Waals surface area contributed by atoms with E-state index in [4.69, 9.17) is 0 Å². The zero-order valence-electron chi connectivity index (χ0n) is 7.88. The lowest BCUT2D eigenvalue weighted by Crippen LogP contribution is -2.11. The third kappa shape index (κ3) is 3.97. The molecule has 0 bridgehead atoms. The first-order valence-electron chi connectivity index (χ1n) is 4.33. The van der Waals surface area contributed by atoms with Crippen molar-refractivity contribution in [1.29, 1.82) is 0 Å². The maximum atomic E-state index is 4.22. The lowest BCUT2D eigenvalue weighted by Gasteiger charge is -2.16. The molecule has 0 rings (SSSR count). The van der Waals surface area contributed by atoms with Gasteiger partial charge in [0.2, 0.25) is 0 Å². The number of aliphatic imine (C=N–C) groups is 1. The number of hydrogen-bond acceptors (Lipinski definition) is 1. The van der Waals surface area contributed by atoms with Crippen LogP contribution in [-0.2, 0) is 0 Å². The van der Waals surface area contributed by atoms with Crippen LogP contribution in [-0.4, -0.2) is 12.8 Å². The van der Waals surface area contributed by atoms with Crippen LogP contribution in [0.2, 0.25) is 0 Å². The molecule has 0 aliphatic rings. The Morgan fingerprint density at radius 1 is 1.55 bits per heavy atom. The molecule has 64 valence electrons. The number of nitrogens with zero attached hydrogens (tertiary/aromatic N) is 1. The summed E-state index contributed by atoms with van der Waals surface area (Å²) in [7, 11) is 0. The summed E-state index contributed by atoms with van der Waals surface area (Å²) in [6.07, 6.45) is 5.08. The van der Waals surface area contributed by atoms with Crippen molar-refractivity contribution in [2.45, 2.75) is 27.2 Å². The van der Waals surface area contributed by atoms with Crippen molar-refractivity contribution >= 4 is 6.21 Å². The van der Waals surface area contributed by atoms with Crippen LogP contribution < -0.4 is 0 Å². The van der Waals surface area contributed by atoms with E-state index in [0.29, 0.717) is 11.8 Å². The Labute approximate surface area is 70.2 Å². The molecule has 0 N–H and O–H groups in total. The Hall–Kier alpha value is -0.590. The Kier molecular flexibility index (Phi) is 5.81. The van der Waals surface area contributed by atoms with Gasteiger partial charge in [0, 0.05) is 6.54 Å². The Bertz CT molecular complexity index is 127. The Balaban J connectivity index is 3.83. The molecule has 0 aromatic carbocycles. The van der Waals surface area contributed by atoms with Crippen LogP contribution in [0.5, 0.6) is 0 Å². The monoisotopic (exact) mass is 153 g/mol. The van der Waals surface area contributed by atoms with E-state index >= 15 is 0 Å². The quantitative estimate of drug-likeness (QED) is 0.425. The van der Waals surface area contributed by atoms with Crippen LogP contribution in [0.4, 0.5) is 0 Å². The van der Waals surface area contributed by atoms with E-state index in [1.165, 1.54) is 6.42 Å². The van der Waals surface area contributed by atoms with Crippen LogP contribution in [0, 0.1) is 11.8 Å². The minimum Gasteiger partial charge on any atom is -0.297 e. The van der Waals surface area contributed by atoms with E-state index in [1.807, 2.05) is 19.2 Å². The van der Waals surface area contributed by atoms with Crippen molar-refractivity contribution in [3.05, 3.63) is 12.7 Å². The number of rotatable bonds is 5. The molecular weight excluding hydrogens is 134 g/mol.